The summed E-state index contributed by atoms with van der Waals surface area (Å²) in [5.41, 5.74) is 12.7. The fourth-order valence-corrected chi connectivity index (χ4v) is 6.62. The number of carbonyl (C=O) groups is 8. The largest absolute Gasteiger partial charge is 0.481 e. The van der Waals surface area contributed by atoms with Crippen LogP contribution in [0.15, 0.2) is 11.6 Å². The highest BCUT2D eigenvalue weighted by molar-refractivity contribution is 7.80. The third kappa shape index (κ3) is 26.2. The van der Waals surface area contributed by atoms with Crippen molar-refractivity contribution in [3.8, 4) is 0 Å². The molecule has 64 heavy (non-hydrogen) atoms. The van der Waals surface area contributed by atoms with Crippen LogP contribution in [-0.4, -0.2) is 159 Å². The van der Waals surface area contributed by atoms with Gasteiger partial charge >= 0.3 is 17.9 Å². The summed E-state index contributed by atoms with van der Waals surface area (Å²) in [6, 6.07) is -2.73. The van der Waals surface area contributed by atoms with E-state index in [4.69, 9.17) is 50.1 Å². The Bertz CT molecular complexity index is 1500. The average molecular weight is 933 g/mol. The van der Waals surface area contributed by atoms with Gasteiger partial charge in [-0.15, -0.1) is 0 Å². The van der Waals surface area contributed by atoms with Gasteiger partial charge in [0.2, 0.25) is 11.8 Å². The molecule has 0 aromatic heterocycles. The van der Waals surface area contributed by atoms with E-state index in [0.717, 1.165) is 12.8 Å². The van der Waals surface area contributed by atoms with Crippen LogP contribution in [0.2, 0.25) is 0 Å². The van der Waals surface area contributed by atoms with Gasteiger partial charge in [0.15, 0.2) is 0 Å². The SMILES string of the molecule is CCOC(=O)C1=C[C@@H](O[C@@H](CC)CCCC(=O)CCOCCOCCOCCOCCNC(=O)CCC(=O)CC[C@H](N)C(=O)C[C@@H](CC(=O)O)C(=O)N[C@@H](CS)C(=O)O)[C@H](C)[C@@H](N)C1. The minimum Gasteiger partial charge on any atom is -0.481 e. The van der Waals surface area contributed by atoms with Gasteiger partial charge in [0.25, 0.3) is 0 Å². The molecule has 0 unspecified atom stereocenters. The summed E-state index contributed by atoms with van der Waals surface area (Å²) < 4.78 is 33.4. The van der Waals surface area contributed by atoms with Crippen LogP contribution < -0.4 is 22.1 Å². The minimum absolute atomic E-state index is 0.0532. The van der Waals surface area contributed by atoms with Crippen LogP contribution in [0.4, 0.5) is 0 Å². The zero-order valence-electron chi connectivity index (χ0n) is 37.6. The van der Waals surface area contributed by atoms with E-state index in [1.54, 1.807) is 6.92 Å². The number of thiol groups is 1. The van der Waals surface area contributed by atoms with Gasteiger partial charge in [0.1, 0.15) is 23.4 Å². The van der Waals surface area contributed by atoms with Gasteiger partial charge in [-0.1, -0.05) is 13.8 Å². The maximum absolute atomic E-state index is 12.6. The quantitative estimate of drug-likeness (QED) is 0.0260. The Labute approximate surface area is 381 Å². The summed E-state index contributed by atoms with van der Waals surface area (Å²) >= 11 is 3.84. The van der Waals surface area contributed by atoms with Crippen molar-refractivity contribution in [1.82, 2.24) is 10.6 Å². The Kier molecular flexibility index (Phi) is 31.4. The highest BCUT2D eigenvalue weighted by atomic mass is 32.1. The Morgan fingerprint density at radius 1 is 0.812 bits per heavy atom. The lowest BCUT2D eigenvalue weighted by Crippen LogP contribution is -2.46. The number of rotatable bonds is 39. The third-order valence-electron chi connectivity index (χ3n) is 10.4. The van der Waals surface area contributed by atoms with Gasteiger partial charge < -0.3 is 60.7 Å². The predicted octanol–water partition coefficient (Wildman–Crippen LogP) is 1.33. The summed E-state index contributed by atoms with van der Waals surface area (Å²) in [4.78, 5) is 96.5. The molecule has 21 heteroatoms. The van der Waals surface area contributed by atoms with E-state index in [2.05, 4.69) is 23.3 Å². The molecule has 20 nitrogen and oxygen atoms in total. The molecule has 1 aliphatic rings. The molecule has 0 fully saturated rings. The van der Waals surface area contributed by atoms with Crippen molar-refractivity contribution in [3.05, 3.63) is 11.6 Å². The van der Waals surface area contributed by atoms with Gasteiger partial charge in [-0.25, -0.2) is 9.59 Å². The topological polar surface area (TPSA) is 308 Å². The van der Waals surface area contributed by atoms with Gasteiger partial charge in [0, 0.05) is 68.4 Å². The van der Waals surface area contributed by atoms with Crippen molar-refractivity contribution in [2.24, 2.45) is 23.3 Å². The second-order valence-electron chi connectivity index (χ2n) is 15.5. The van der Waals surface area contributed by atoms with Crippen LogP contribution in [0.3, 0.4) is 0 Å². The maximum Gasteiger partial charge on any atom is 0.333 e. The first kappa shape index (κ1) is 58.2. The van der Waals surface area contributed by atoms with Crippen molar-refractivity contribution in [2.75, 3.05) is 71.8 Å². The van der Waals surface area contributed by atoms with Crippen molar-refractivity contribution >= 4 is 59.7 Å². The Morgan fingerprint density at radius 3 is 2.00 bits per heavy atom. The number of esters is 1. The maximum atomic E-state index is 12.6. The molecule has 0 saturated carbocycles. The van der Waals surface area contributed by atoms with Gasteiger partial charge in [-0.05, 0) is 45.1 Å². The number of carboxylic acid groups (broad SMARTS) is 2. The summed E-state index contributed by atoms with van der Waals surface area (Å²) in [5, 5.41) is 23.0. The Morgan fingerprint density at radius 2 is 1.42 bits per heavy atom. The number of aliphatic carboxylic acids is 2. The van der Waals surface area contributed by atoms with Gasteiger partial charge in [0.05, 0.1) is 90.1 Å². The molecule has 366 valence electrons. The van der Waals surface area contributed by atoms with Crippen LogP contribution in [0, 0.1) is 11.8 Å². The van der Waals surface area contributed by atoms with E-state index in [-0.39, 0.29) is 92.2 Å². The number of carboxylic acids is 2. The number of hydrogen-bond acceptors (Lipinski definition) is 17. The van der Waals surface area contributed by atoms with E-state index >= 15 is 0 Å². The second kappa shape index (κ2) is 34.5. The highest BCUT2D eigenvalue weighted by Gasteiger charge is 2.33. The number of hydrogen-bond donors (Lipinski definition) is 7. The zero-order valence-corrected chi connectivity index (χ0v) is 38.5. The fraction of sp³-hybridized carbons (Fsp3) is 0.767. The summed E-state index contributed by atoms with van der Waals surface area (Å²) in [7, 11) is 0. The van der Waals surface area contributed by atoms with E-state index in [1.165, 1.54) is 0 Å². The molecule has 0 aromatic carbocycles. The summed E-state index contributed by atoms with van der Waals surface area (Å²) in [6.07, 6.45) is 3.26. The molecule has 0 heterocycles. The number of amides is 2. The lowest BCUT2D eigenvalue weighted by molar-refractivity contribution is -0.144. The first-order valence-electron chi connectivity index (χ1n) is 22.1. The van der Waals surface area contributed by atoms with Crippen molar-refractivity contribution < 1.29 is 77.0 Å². The van der Waals surface area contributed by atoms with E-state index in [1.807, 2.05) is 19.9 Å². The molecule has 1 aliphatic carbocycles. The number of Topliss-reactive ketones (excluding diaryl/α,β-unsaturated/α-hetero) is 3. The Hall–Kier alpha value is -3.83. The molecule has 8 N–H and O–H groups in total. The predicted molar refractivity (Wildman–Crippen MR) is 235 cm³/mol. The molecule has 0 saturated heterocycles. The first-order chi connectivity index (χ1) is 30.5. The molecule has 0 radical (unpaired) electrons. The van der Waals surface area contributed by atoms with Crippen LogP contribution in [-0.2, 0) is 66.8 Å². The number of nitrogens with two attached hydrogens (primary N) is 2. The molecule has 1 rings (SSSR count). The lowest BCUT2D eigenvalue weighted by Gasteiger charge is -2.34. The molecular formula is C43H72N4O16S. The second-order valence-corrected chi connectivity index (χ2v) is 15.8. The molecule has 2 amide bonds. The van der Waals surface area contributed by atoms with Crippen LogP contribution in [0.1, 0.15) is 97.8 Å². The number of nitrogens with one attached hydrogen (secondary N) is 2. The van der Waals surface area contributed by atoms with Crippen molar-refractivity contribution in [2.45, 2.75) is 128 Å². The van der Waals surface area contributed by atoms with Gasteiger partial charge in [-0.3, -0.25) is 28.8 Å². The molecule has 0 bridgehead atoms. The standard InChI is InChI=1S/C43H72N4O16S/c1-4-33(63-38-25-30(43(57)62-5-2)23-35(45)28(38)3)8-6-7-31(48)13-15-58-17-19-60-21-22-61-20-18-59-16-14-46-39(51)12-10-32(49)9-11-34(44)37(50)24-29(26-40(52)53)41(54)47-36(27-64)42(55)56/h25,28-29,33-36,38,64H,4-24,26-27,44-45H2,1-3H3,(H,46,51)(H,47,54)(H,52,53)(H,55,56)/t28-,29+,33+,34+,35+,36+,38-/m1/s1. The average Bonchev–Trinajstić information content (AvgIpc) is 3.25. The fourth-order valence-electron chi connectivity index (χ4n) is 6.37. The third-order valence-corrected chi connectivity index (χ3v) is 10.7. The molecule has 0 aromatic rings. The first-order valence-corrected chi connectivity index (χ1v) is 22.7. The number of ketones is 3. The number of ether oxygens (including phenoxy) is 6. The van der Waals surface area contributed by atoms with Crippen LogP contribution in [0.25, 0.3) is 0 Å². The van der Waals surface area contributed by atoms with Crippen molar-refractivity contribution in [1.29, 1.82) is 0 Å². The molecular weight excluding hydrogens is 861 g/mol. The monoisotopic (exact) mass is 932 g/mol. The summed E-state index contributed by atoms with van der Waals surface area (Å²) in [6.45, 7) is 8.88. The van der Waals surface area contributed by atoms with Crippen LogP contribution >= 0.6 is 12.6 Å². The van der Waals surface area contributed by atoms with Crippen molar-refractivity contribution in [3.63, 3.8) is 0 Å². The smallest absolute Gasteiger partial charge is 0.333 e. The normalized spacial score (nSPS) is 17.9. The highest BCUT2D eigenvalue weighted by Crippen LogP contribution is 2.28. The zero-order chi connectivity index (χ0) is 47.9. The van der Waals surface area contributed by atoms with E-state index in [9.17, 15) is 38.4 Å². The number of carbonyl (C=O) groups excluding carboxylic acids is 6. The van der Waals surface area contributed by atoms with E-state index in [0.29, 0.717) is 84.1 Å². The molecule has 0 aliphatic heterocycles. The molecule has 7 atom stereocenters. The van der Waals surface area contributed by atoms with Gasteiger partial charge in [-0.2, -0.15) is 12.6 Å². The molecule has 0 spiro atoms. The minimum atomic E-state index is -1.37. The van der Waals surface area contributed by atoms with E-state index < -0.39 is 54.5 Å². The summed E-state index contributed by atoms with van der Waals surface area (Å²) in [5.74, 6) is -6.80. The Balaban J connectivity index is 2.06. The van der Waals surface area contributed by atoms with Crippen LogP contribution in [0.5, 0.6) is 0 Å². The lowest BCUT2D eigenvalue weighted by atomic mass is 9.84.